The number of rotatable bonds is 6. The monoisotopic (exact) mass is 230 g/mol. The van der Waals surface area contributed by atoms with Gasteiger partial charge in [-0.15, -0.1) is 0 Å². The van der Waals surface area contributed by atoms with Crippen LogP contribution in [0.25, 0.3) is 0 Å². The van der Waals surface area contributed by atoms with E-state index in [4.69, 9.17) is 10.2 Å². The number of carbonyl (C=O) groups is 1. The van der Waals surface area contributed by atoms with Crippen LogP contribution in [0.2, 0.25) is 0 Å². The fraction of sp³-hybridized carbons (Fsp3) is 0.875. The standard InChI is InChI=1S/C8H13F3O4/c1-7(14,6(12)13)5-15-4-2-3-8(9,10)11/h14H,2-5H2,1H3,(H,12,13). The van der Waals surface area contributed by atoms with Gasteiger partial charge in [0.1, 0.15) is 0 Å². The first-order valence-electron chi connectivity index (χ1n) is 4.25. The Morgan fingerprint density at radius 3 is 2.33 bits per heavy atom. The molecule has 0 aliphatic rings. The molecule has 0 saturated carbocycles. The third kappa shape index (κ3) is 7.15. The van der Waals surface area contributed by atoms with E-state index in [2.05, 4.69) is 4.74 Å². The number of ether oxygens (including phenoxy) is 1. The second kappa shape index (κ2) is 5.32. The Labute approximate surface area is 84.7 Å². The number of carboxylic acids is 1. The normalized spacial score (nSPS) is 16.1. The number of alkyl halides is 3. The zero-order valence-corrected chi connectivity index (χ0v) is 8.17. The molecule has 90 valence electrons. The van der Waals surface area contributed by atoms with Crippen molar-refractivity contribution < 1.29 is 32.9 Å². The van der Waals surface area contributed by atoms with Gasteiger partial charge in [0.2, 0.25) is 0 Å². The van der Waals surface area contributed by atoms with E-state index in [0.29, 0.717) is 0 Å². The zero-order valence-electron chi connectivity index (χ0n) is 8.17. The summed E-state index contributed by atoms with van der Waals surface area (Å²) in [6.45, 7) is 0.252. The van der Waals surface area contributed by atoms with Gasteiger partial charge in [0.05, 0.1) is 6.61 Å². The smallest absolute Gasteiger partial charge is 0.389 e. The van der Waals surface area contributed by atoms with Crippen LogP contribution in [0.1, 0.15) is 19.8 Å². The predicted molar refractivity (Wildman–Crippen MR) is 44.4 cm³/mol. The second-order valence-electron chi connectivity index (χ2n) is 3.35. The summed E-state index contributed by atoms with van der Waals surface area (Å²) in [4.78, 5) is 10.3. The highest BCUT2D eigenvalue weighted by Gasteiger charge is 2.30. The Morgan fingerprint density at radius 1 is 1.40 bits per heavy atom. The summed E-state index contributed by atoms with van der Waals surface area (Å²) in [5.74, 6) is -1.47. The molecule has 0 aliphatic carbocycles. The zero-order chi connectivity index (χ0) is 12.1. The molecule has 0 saturated heterocycles. The van der Waals surface area contributed by atoms with Crippen LogP contribution in [0.5, 0.6) is 0 Å². The van der Waals surface area contributed by atoms with Gasteiger partial charge in [-0.2, -0.15) is 13.2 Å². The summed E-state index contributed by atoms with van der Waals surface area (Å²) in [6.07, 6.45) is -5.47. The SMILES string of the molecule is CC(O)(COCCCC(F)(F)F)C(=O)O. The highest BCUT2D eigenvalue weighted by molar-refractivity contribution is 5.76. The molecule has 1 unspecified atom stereocenters. The number of hydrogen-bond acceptors (Lipinski definition) is 3. The molecule has 0 fully saturated rings. The highest BCUT2D eigenvalue weighted by Crippen LogP contribution is 2.21. The van der Waals surface area contributed by atoms with Crippen LogP contribution in [0.3, 0.4) is 0 Å². The second-order valence-corrected chi connectivity index (χ2v) is 3.35. The molecule has 0 spiro atoms. The van der Waals surface area contributed by atoms with Crippen molar-refractivity contribution in [2.45, 2.75) is 31.5 Å². The summed E-state index contributed by atoms with van der Waals surface area (Å²) in [7, 11) is 0. The lowest BCUT2D eigenvalue weighted by molar-refractivity contribution is -0.164. The third-order valence-corrected chi connectivity index (χ3v) is 1.59. The lowest BCUT2D eigenvalue weighted by atomic mass is 10.1. The average Bonchev–Trinajstić information content (AvgIpc) is 2.00. The number of halogens is 3. The lowest BCUT2D eigenvalue weighted by Crippen LogP contribution is -2.40. The maximum atomic E-state index is 11.6. The Kier molecular flexibility index (Phi) is 5.02. The first kappa shape index (κ1) is 14.2. The lowest BCUT2D eigenvalue weighted by Gasteiger charge is -2.17. The molecule has 0 rings (SSSR count). The molecule has 7 heteroatoms. The minimum atomic E-state index is -4.24. The van der Waals surface area contributed by atoms with Gasteiger partial charge in [0, 0.05) is 13.0 Å². The maximum absolute atomic E-state index is 11.6. The van der Waals surface area contributed by atoms with Gasteiger partial charge in [-0.05, 0) is 13.3 Å². The summed E-state index contributed by atoms with van der Waals surface area (Å²) in [5, 5.41) is 17.5. The van der Waals surface area contributed by atoms with Crippen LogP contribution in [0.4, 0.5) is 13.2 Å². The summed E-state index contributed by atoms with van der Waals surface area (Å²) in [5.41, 5.74) is -2.06. The van der Waals surface area contributed by atoms with Gasteiger partial charge >= 0.3 is 12.1 Å². The topological polar surface area (TPSA) is 66.8 Å². The van der Waals surface area contributed by atoms with Crippen LogP contribution in [0.15, 0.2) is 0 Å². The van der Waals surface area contributed by atoms with Crippen molar-refractivity contribution in [2.75, 3.05) is 13.2 Å². The van der Waals surface area contributed by atoms with Crippen molar-refractivity contribution in [3.05, 3.63) is 0 Å². The van der Waals surface area contributed by atoms with Crippen LogP contribution in [0, 0.1) is 0 Å². The fourth-order valence-corrected chi connectivity index (χ4v) is 0.707. The van der Waals surface area contributed by atoms with Crippen molar-refractivity contribution in [1.82, 2.24) is 0 Å². The van der Waals surface area contributed by atoms with Crippen LogP contribution >= 0.6 is 0 Å². The maximum Gasteiger partial charge on any atom is 0.389 e. The van der Waals surface area contributed by atoms with E-state index in [1.54, 1.807) is 0 Å². The van der Waals surface area contributed by atoms with Crippen molar-refractivity contribution in [2.24, 2.45) is 0 Å². The van der Waals surface area contributed by atoms with E-state index in [-0.39, 0.29) is 13.0 Å². The van der Waals surface area contributed by atoms with E-state index in [1.807, 2.05) is 0 Å². The van der Waals surface area contributed by atoms with Crippen LogP contribution < -0.4 is 0 Å². The molecule has 1 atom stereocenters. The van der Waals surface area contributed by atoms with Gasteiger partial charge in [-0.1, -0.05) is 0 Å². The molecule has 0 radical (unpaired) electrons. The molecule has 0 aromatic carbocycles. The largest absolute Gasteiger partial charge is 0.479 e. The van der Waals surface area contributed by atoms with Crippen molar-refractivity contribution in [3.63, 3.8) is 0 Å². The minimum absolute atomic E-state index is 0.233. The summed E-state index contributed by atoms with van der Waals surface area (Å²) in [6, 6.07) is 0. The van der Waals surface area contributed by atoms with E-state index < -0.39 is 30.8 Å². The summed E-state index contributed by atoms with van der Waals surface area (Å²) >= 11 is 0. The van der Waals surface area contributed by atoms with Gasteiger partial charge in [-0.25, -0.2) is 4.79 Å². The van der Waals surface area contributed by atoms with Gasteiger partial charge in [0.25, 0.3) is 0 Å². The third-order valence-electron chi connectivity index (χ3n) is 1.59. The quantitative estimate of drug-likeness (QED) is 0.672. The molecule has 15 heavy (non-hydrogen) atoms. The van der Waals surface area contributed by atoms with E-state index in [1.165, 1.54) is 0 Å². The molecule has 0 aliphatic heterocycles. The van der Waals surface area contributed by atoms with Crippen molar-refractivity contribution in [1.29, 1.82) is 0 Å². The van der Waals surface area contributed by atoms with Crippen molar-refractivity contribution in [3.8, 4) is 0 Å². The Bertz CT molecular complexity index is 212. The molecule has 4 nitrogen and oxygen atoms in total. The number of carboxylic acid groups (broad SMARTS) is 1. The molecule has 0 aromatic heterocycles. The summed E-state index contributed by atoms with van der Waals surface area (Å²) < 4.78 is 39.6. The van der Waals surface area contributed by atoms with Gasteiger partial charge < -0.3 is 14.9 Å². The van der Waals surface area contributed by atoms with E-state index in [9.17, 15) is 18.0 Å². The average molecular weight is 230 g/mol. The Hall–Kier alpha value is -0.820. The molecule has 0 aromatic rings. The molecule has 2 N–H and O–H groups in total. The van der Waals surface area contributed by atoms with Crippen molar-refractivity contribution >= 4 is 5.97 Å². The Balaban J connectivity index is 3.60. The van der Waals surface area contributed by atoms with E-state index >= 15 is 0 Å². The van der Waals surface area contributed by atoms with Crippen LogP contribution in [-0.4, -0.2) is 41.2 Å². The highest BCUT2D eigenvalue weighted by atomic mass is 19.4. The van der Waals surface area contributed by atoms with E-state index in [0.717, 1.165) is 6.92 Å². The molecule has 0 bridgehead atoms. The first-order valence-corrected chi connectivity index (χ1v) is 4.25. The number of aliphatic hydroxyl groups is 1. The fourth-order valence-electron chi connectivity index (χ4n) is 0.707. The first-order chi connectivity index (χ1) is 6.65. The Morgan fingerprint density at radius 2 is 1.93 bits per heavy atom. The molecule has 0 amide bonds. The van der Waals surface area contributed by atoms with Gasteiger partial charge in [0.15, 0.2) is 5.60 Å². The minimum Gasteiger partial charge on any atom is -0.479 e. The van der Waals surface area contributed by atoms with Gasteiger partial charge in [-0.3, -0.25) is 0 Å². The van der Waals surface area contributed by atoms with Crippen LogP contribution in [-0.2, 0) is 9.53 Å². The molecular weight excluding hydrogens is 217 g/mol. The molecule has 0 heterocycles. The number of hydrogen-bond donors (Lipinski definition) is 2. The molecular formula is C8H13F3O4. The number of aliphatic carboxylic acids is 1. The predicted octanol–water partition coefficient (Wildman–Crippen LogP) is 1.18.